The molecule has 0 amide bonds. The predicted molar refractivity (Wildman–Crippen MR) is 66.2 cm³/mol. The summed E-state index contributed by atoms with van der Waals surface area (Å²) in [6.07, 6.45) is 5.64. The van der Waals surface area contributed by atoms with Crippen molar-refractivity contribution in [1.29, 1.82) is 0 Å². The number of fused-ring (bicyclic) bond motifs is 1. The minimum absolute atomic E-state index is 0.417. The van der Waals surface area contributed by atoms with E-state index < -0.39 is 5.97 Å². The lowest BCUT2D eigenvalue weighted by Crippen LogP contribution is -2.17. The van der Waals surface area contributed by atoms with E-state index in [1.165, 1.54) is 19.3 Å². The van der Waals surface area contributed by atoms with Gasteiger partial charge in [0.05, 0.1) is 5.56 Å². The normalized spacial score (nSPS) is 16.0. The van der Waals surface area contributed by atoms with Gasteiger partial charge in [-0.25, -0.2) is 4.79 Å². The fourth-order valence-electron chi connectivity index (χ4n) is 2.52. The maximum absolute atomic E-state index is 11.2. The predicted octanol–water partition coefficient (Wildman–Crippen LogP) is 3.14. The molecule has 1 aromatic carbocycles. The van der Waals surface area contributed by atoms with Gasteiger partial charge in [0, 0.05) is 23.6 Å². The molecule has 0 aliphatic heterocycles. The van der Waals surface area contributed by atoms with Crippen LogP contribution in [0.15, 0.2) is 30.5 Å². The third kappa shape index (κ3) is 1.71. The minimum atomic E-state index is -0.839. The van der Waals surface area contributed by atoms with Crippen LogP contribution in [0.3, 0.4) is 0 Å². The lowest BCUT2D eigenvalue weighted by Gasteiger charge is -2.26. The Hall–Kier alpha value is -1.77. The quantitative estimate of drug-likeness (QED) is 0.878. The molecule has 0 saturated heterocycles. The molecule has 0 unspecified atom stereocenters. The summed E-state index contributed by atoms with van der Waals surface area (Å²) in [5.74, 6) is -0.110. The number of benzene rings is 1. The molecule has 1 aromatic heterocycles. The van der Waals surface area contributed by atoms with Crippen molar-refractivity contribution >= 4 is 16.9 Å². The van der Waals surface area contributed by atoms with Gasteiger partial charge in [-0.05, 0) is 24.8 Å². The van der Waals surface area contributed by atoms with E-state index >= 15 is 0 Å². The maximum Gasteiger partial charge on any atom is 0.337 e. The molecule has 1 N–H and O–H groups in total. The molecule has 0 radical (unpaired) electrons. The zero-order chi connectivity index (χ0) is 11.8. The first-order valence-corrected chi connectivity index (χ1v) is 6.07. The van der Waals surface area contributed by atoms with Crippen LogP contribution in [0.1, 0.15) is 29.6 Å². The number of para-hydroxylation sites is 1. The Morgan fingerprint density at radius 2 is 2.12 bits per heavy atom. The van der Waals surface area contributed by atoms with E-state index in [9.17, 15) is 9.90 Å². The molecule has 17 heavy (non-hydrogen) atoms. The fraction of sp³-hybridized carbons (Fsp3) is 0.357. The smallest absolute Gasteiger partial charge is 0.337 e. The molecule has 0 spiro atoms. The molecule has 1 fully saturated rings. The van der Waals surface area contributed by atoms with Gasteiger partial charge in [-0.1, -0.05) is 24.6 Å². The van der Waals surface area contributed by atoms with Crippen molar-refractivity contribution in [2.75, 3.05) is 0 Å². The number of hydrogen-bond donors (Lipinski definition) is 1. The monoisotopic (exact) mass is 229 g/mol. The summed E-state index contributed by atoms with van der Waals surface area (Å²) in [5, 5.41) is 10.0. The van der Waals surface area contributed by atoms with Crippen LogP contribution in [0.2, 0.25) is 0 Å². The highest BCUT2D eigenvalue weighted by molar-refractivity contribution is 6.03. The second-order valence-corrected chi connectivity index (χ2v) is 4.81. The van der Waals surface area contributed by atoms with Crippen LogP contribution in [0.5, 0.6) is 0 Å². The molecule has 0 atom stereocenters. The number of nitrogens with zero attached hydrogens (tertiary/aromatic N) is 1. The molecule has 3 nitrogen and oxygen atoms in total. The van der Waals surface area contributed by atoms with Crippen molar-refractivity contribution in [1.82, 2.24) is 4.57 Å². The number of rotatable bonds is 3. The lowest BCUT2D eigenvalue weighted by molar-refractivity contribution is 0.0698. The van der Waals surface area contributed by atoms with Crippen LogP contribution in [0.25, 0.3) is 10.9 Å². The molecular formula is C14H15NO2. The van der Waals surface area contributed by atoms with Gasteiger partial charge >= 0.3 is 5.97 Å². The Bertz CT molecular complexity index is 567. The summed E-state index contributed by atoms with van der Waals surface area (Å²) in [5.41, 5.74) is 1.46. The maximum atomic E-state index is 11.2. The molecule has 1 heterocycles. The topological polar surface area (TPSA) is 42.2 Å². The Labute approximate surface area is 99.7 Å². The summed E-state index contributed by atoms with van der Waals surface area (Å²) < 4.78 is 2.10. The number of hydrogen-bond acceptors (Lipinski definition) is 1. The van der Waals surface area contributed by atoms with E-state index in [4.69, 9.17) is 0 Å². The summed E-state index contributed by atoms with van der Waals surface area (Å²) in [7, 11) is 0. The molecule has 1 aliphatic rings. The molecule has 2 aromatic rings. The molecular weight excluding hydrogens is 214 g/mol. The Morgan fingerprint density at radius 1 is 1.35 bits per heavy atom. The first kappa shape index (κ1) is 10.4. The van der Waals surface area contributed by atoms with Crippen LogP contribution in [0.4, 0.5) is 0 Å². The average Bonchev–Trinajstić information content (AvgIpc) is 2.63. The molecule has 1 aliphatic carbocycles. The average molecular weight is 229 g/mol. The van der Waals surface area contributed by atoms with Crippen molar-refractivity contribution in [3.8, 4) is 0 Å². The highest BCUT2D eigenvalue weighted by Crippen LogP contribution is 2.30. The molecule has 3 heteroatoms. The molecule has 0 bridgehead atoms. The highest BCUT2D eigenvalue weighted by atomic mass is 16.4. The number of carbonyl (C=O) groups is 1. The Morgan fingerprint density at radius 3 is 2.76 bits per heavy atom. The first-order chi connectivity index (χ1) is 8.25. The number of carboxylic acid groups (broad SMARTS) is 1. The van der Waals surface area contributed by atoms with Crippen molar-refractivity contribution in [3.05, 3.63) is 36.0 Å². The van der Waals surface area contributed by atoms with E-state index in [0.29, 0.717) is 5.56 Å². The van der Waals surface area contributed by atoms with Crippen LogP contribution in [0, 0.1) is 5.92 Å². The third-order valence-corrected chi connectivity index (χ3v) is 3.70. The summed E-state index contributed by atoms with van der Waals surface area (Å²) >= 11 is 0. The summed E-state index contributed by atoms with van der Waals surface area (Å²) in [4.78, 5) is 11.2. The van der Waals surface area contributed by atoms with Gasteiger partial charge < -0.3 is 9.67 Å². The van der Waals surface area contributed by atoms with E-state index in [-0.39, 0.29) is 0 Å². The van der Waals surface area contributed by atoms with Crippen LogP contribution >= 0.6 is 0 Å². The van der Waals surface area contributed by atoms with E-state index in [0.717, 1.165) is 23.4 Å². The van der Waals surface area contributed by atoms with Gasteiger partial charge in [0.1, 0.15) is 0 Å². The van der Waals surface area contributed by atoms with Crippen molar-refractivity contribution in [2.45, 2.75) is 25.8 Å². The molecule has 1 saturated carbocycles. The van der Waals surface area contributed by atoms with Crippen LogP contribution in [-0.2, 0) is 6.54 Å². The SMILES string of the molecule is O=C(O)c1cn(CC2CCC2)c2ccccc12. The number of aromatic carboxylic acids is 1. The van der Waals surface area contributed by atoms with Gasteiger partial charge in [-0.15, -0.1) is 0 Å². The Kier molecular flexibility index (Phi) is 2.39. The zero-order valence-corrected chi connectivity index (χ0v) is 9.60. The van der Waals surface area contributed by atoms with Crippen molar-refractivity contribution in [2.24, 2.45) is 5.92 Å². The third-order valence-electron chi connectivity index (χ3n) is 3.70. The van der Waals surface area contributed by atoms with Gasteiger partial charge in [0.15, 0.2) is 0 Å². The standard InChI is InChI=1S/C14H15NO2/c16-14(17)12-9-15(8-10-4-3-5-10)13-7-2-1-6-11(12)13/h1-2,6-7,9-10H,3-5,8H2,(H,16,17). The van der Waals surface area contributed by atoms with Gasteiger partial charge in [-0.2, -0.15) is 0 Å². The summed E-state index contributed by atoms with van der Waals surface area (Å²) in [6.45, 7) is 0.952. The molecule has 88 valence electrons. The van der Waals surface area contributed by atoms with E-state index in [2.05, 4.69) is 4.57 Å². The van der Waals surface area contributed by atoms with E-state index in [1.54, 1.807) is 6.20 Å². The fourth-order valence-corrected chi connectivity index (χ4v) is 2.52. The largest absolute Gasteiger partial charge is 0.478 e. The van der Waals surface area contributed by atoms with Crippen LogP contribution < -0.4 is 0 Å². The Balaban J connectivity index is 2.07. The second-order valence-electron chi connectivity index (χ2n) is 4.81. The van der Waals surface area contributed by atoms with Gasteiger partial charge in [0.25, 0.3) is 0 Å². The number of carboxylic acids is 1. The number of aromatic nitrogens is 1. The van der Waals surface area contributed by atoms with Crippen molar-refractivity contribution < 1.29 is 9.90 Å². The van der Waals surface area contributed by atoms with E-state index in [1.807, 2.05) is 24.3 Å². The molecule has 3 rings (SSSR count). The van der Waals surface area contributed by atoms with Gasteiger partial charge in [0.2, 0.25) is 0 Å². The van der Waals surface area contributed by atoms with Crippen molar-refractivity contribution in [3.63, 3.8) is 0 Å². The first-order valence-electron chi connectivity index (χ1n) is 6.07. The second kappa shape index (κ2) is 3.91. The minimum Gasteiger partial charge on any atom is -0.478 e. The highest BCUT2D eigenvalue weighted by Gasteiger charge is 2.20. The summed E-state index contributed by atoms with van der Waals surface area (Å²) in [6, 6.07) is 7.74. The van der Waals surface area contributed by atoms with Gasteiger partial charge in [-0.3, -0.25) is 0 Å². The lowest BCUT2D eigenvalue weighted by atomic mass is 9.85. The van der Waals surface area contributed by atoms with Crippen LogP contribution in [-0.4, -0.2) is 15.6 Å². The zero-order valence-electron chi connectivity index (χ0n) is 9.60.